The molecular formula is C16H24ClN5. The second kappa shape index (κ2) is 6.42. The maximum absolute atomic E-state index is 4.53. The van der Waals surface area contributed by atoms with E-state index in [-0.39, 0.29) is 12.4 Å². The van der Waals surface area contributed by atoms with Crippen LogP contribution < -0.4 is 10.6 Å². The summed E-state index contributed by atoms with van der Waals surface area (Å²) in [6, 6.07) is 0.468. The minimum atomic E-state index is 0. The second-order valence-corrected chi connectivity index (χ2v) is 6.50. The van der Waals surface area contributed by atoms with E-state index in [2.05, 4.69) is 38.7 Å². The highest BCUT2D eigenvalue weighted by atomic mass is 35.5. The van der Waals surface area contributed by atoms with Gasteiger partial charge in [0.25, 0.3) is 0 Å². The third-order valence-corrected chi connectivity index (χ3v) is 4.96. The van der Waals surface area contributed by atoms with Crippen LogP contribution in [0.2, 0.25) is 0 Å². The van der Waals surface area contributed by atoms with E-state index in [1.54, 1.807) is 6.33 Å². The van der Waals surface area contributed by atoms with Gasteiger partial charge in [-0.25, -0.2) is 9.97 Å². The number of aromatic amines is 1. The highest BCUT2D eigenvalue weighted by Crippen LogP contribution is 2.44. The van der Waals surface area contributed by atoms with Crippen molar-refractivity contribution in [3.63, 3.8) is 0 Å². The van der Waals surface area contributed by atoms with E-state index in [9.17, 15) is 0 Å². The maximum atomic E-state index is 4.53. The molecule has 2 unspecified atom stereocenters. The Hall–Kier alpha value is -1.33. The molecule has 22 heavy (non-hydrogen) atoms. The zero-order chi connectivity index (χ0) is 14.2. The number of fused-ring (bicyclic) bond motifs is 1. The van der Waals surface area contributed by atoms with E-state index in [0.717, 1.165) is 30.5 Å². The van der Waals surface area contributed by atoms with E-state index in [4.69, 9.17) is 0 Å². The van der Waals surface area contributed by atoms with Gasteiger partial charge in [-0.05, 0) is 49.6 Å². The second-order valence-electron chi connectivity index (χ2n) is 6.50. The number of hydrogen-bond donors (Lipinski definition) is 3. The lowest BCUT2D eigenvalue weighted by atomic mass is 9.96. The van der Waals surface area contributed by atoms with Crippen LogP contribution in [-0.4, -0.2) is 34.1 Å². The summed E-state index contributed by atoms with van der Waals surface area (Å²) in [5, 5.41) is 8.28. The van der Waals surface area contributed by atoms with Gasteiger partial charge in [-0.15, -0.1) is 12.4 Å². The van der Waals surface area contributed by atoms with E-state index in [1.165, 1.54) is 36.6 Å². The van der Waals surface area contributed by atoms with Crippen LogP contribution in [0.1, 0.15) is 44.1 Å². The van der Waals surface area contributed by atoms with Crippen molar-refractivity contribution in [2.75, 3.05) is 18.4 Å². The maximum Gasteiger partial charge on any atom is 0.143 e. The molecule has 1 saturated heterocycles. The summed E-state index contributed by atoms with van der Waals surface area (Å²) >= 11 is 0. The molecule has 6 heteroatoms. The van der Waals surface area contributed by atoms with Gasteiger partial charge in [0.15, 0.2) is 0 Å². The van der Waals surface area contributed by atoms with Gasteiger partial charge < -0.3 is 15.6 Å². The summed E-state index contributed by atoms with van der Waals surface area (Å²) in [7, 11) is 0. The quantitative estimate of drug-likeness (QED) is 0.809. The van der Waals surface area contributed by atoms with Gasteiger partial charge in [0.05, 0.1) is 5.39 Å². The number of hydrogen-bond acceptors (Lipinski definition) is 4. The Morgan fingerprint density at radius 1 is 1.27 bits per heavy atom. The Balaban J connectivity index is 0.00000144. The molecule has 0 spiro atoms. The number of halogens is 1. The third kappa shape index (κ3) is 2.92. The van der Waals surface area contributed by atoms with E-state index in [0.29, 0.717) is 12.0 Å². The van der Waals surface area contributed by atoms with Crippen molar-refractivity contribution in [3.05, 3.63) is 18.1 Å². The van der Waals surface area contributed by atoms with Crippen LogP contribution in [0.15, 0.2) is 12.5 Å². The average molecular weight is 322 g/mol. The minimum Gasteiger partial charge on any atom is -0.365 e. The first-order valence-electron chi connectivity index (χ1n) is 8.12. The highest BCUT2D eigenvalue weighted by Gasteiger charge is 2.31. The zero-order valence-corrected chi connectivity index (χ0v) is 13.7. The fraction of sp³-hybridized carbons (Fsp3) is 0.625. The first-order chi connectivity index (χ1) is 10.3. The summed E-state index contributed by atoms with van der Waals surface area (Å²) in [6.07, 6.45) is 8.93. The summed E-state index contributed by atoms with van der Waals surface area (Å²) in [5.74, 6) is 2.43. The number of H-pyrrole nitrogens is 1. The van der Waals surface area contributed by atoms with Gasteiger partial charge in [-0.2, -0.15) is 0 Å². The van der Waals surface area contributed by atoms with Crippen LogP contribution in [0.5, 0.6) is 0 Å². The van der Waals surface area contributed by atoms with Crippen molar-refractivity contribution in [2.24, 2.45) is 5.92 Å². The molecular weight excluding hydrogens is 298 g/mol. The molecule has 5 nitrogen and oxygen atoms in total. The number of rotatable bonds is 4. The predicted octanol–water partition coefficient (Wildman–Crippen LogP) is 3.06. The number of anilines is 1. The lowest BCUT2D eigenvalue weighted by molar-refractivity contribution is 0.479. The molecule has 0 aromatic carbocycles. The van der Waals surface area contributed by atoms with Gasteiger partial charge >= 0.3 is 0 Å². The van der Waals surface area contributed by atoms with Crippen molar-refractivity contribution in [1.82, 2.24) is 20.3 Å². The topological polar surface area (TPSA) is 65.6 Å². The summed E-state index contributed by atoms with van der Waals surface area (Å²) in [5.41, 5.74) is 2.33. The summed E-state index contributed by atoms with van der Waals surface area (Å²) in [4.78, 5) is 12.2. The molecule has 0 amide bonds. The first kappa shape index (κ1) is 15.6. The highest BCUT2D eigenvalue weighted by molar-refractivity contribution is 5.91. The van der Waals surface area contributed by atoms with E-state index in [1.807, 2.05) is 0 Å². The Morgan fingerprint density at radius 3 is 2.86 bits per heavy atom. The van der Waals surface area contributed by atoms with E-state index >= 15 is 0 Å². The van der Waals surface area contributed by atoms with Gasteiger partial charge in [-0.1, -0.05) is 6.92 Å². The van der Waals surface area contributed by atoms with Crippen LogP contribution >= 0.6 is 12.4 Å². The molecule has 0 radical (unpaired) electrons. The number of nitrogens with one attached hydrogen (secondary N) is 3. The predicted molar refractivity (Wildman–Crippen MR) is 91.8 cm³/mol. The van der Waals surface area contributed by atoms with Crippen LogP contribution in [0, 0.1) is 5.92 Å². The van der Waals surface area contributed by atoms with Gasteiger partial charge in [0.2, 0.25) is 0 Å². The molecule has 2 fully saturated rings. The van der Waals surface area contributed by atoms with Crippen molar-refractivity contribution >= 4 is 29.3 Å². The molecule has 4 rings (SSSR count). The molecule has 3 N–H and O–H groups in total. The average Bonchev–Trinajstić information content (AvgIpc) is 3.27. The van der Waals surface area contributed by atoms with Crippen LogP contribution in [-0.2, 0) is 0 Å². The fourth-order valence-electron chi connectivity index (χ4n) is 3.47. The number of aromatic nitrogens is 3. The fourth-order valence-corrected chi connectivity index (χ4v) is 3.47. The van der Waals surface area contributed by atoms with Crippen molar-refractivity contribution in [1.29, 1.82) is 0 Å². The molecule has 3 heterocycles. The lowest BCUT2D eigenvalue weighted by Gasteiger charge is -2.24. The van der Waals surface area contributed by atoms with Crippen LogP contribution in [0.3, 0.4) is 0 Å². The summed E-state index contributed by atoms with van der Waals surface area (Å²) in [6.45, 7) is 4.48. The normalized spacial score (nSPS) is 23.0. The first-order valence-corrected chi connectivity index (χ1v) is 8.12. The molecule has 2 aromatic rings. The molecule has 2 aromatic heterocycles. The molecule has 120 valence electrons. The molecule has 1 aliphatic carbocycles. The largest absolute Gasteiger partial charge is 0.365 e. The van der Waals surface area contributed by atoms with E-state index < -0.39 is 0 Å². The minimum absolute atomic E-state index is 0. The van der Waals surface area contributed by atoms with Crippen molar-refractivity contribution in [3.8, 4) is 0 Å². The molecule has 2 atom stereocenters. The SMILES string of the molecule is CC(c1c[nH]c2ncnc(NC3CCCNC3)c12)C1CC1.Cl. The van der Waals surface area contributed by atoms with Crippen LogP contribution in [0.4, 0.5) is 5.82 Å². The van der Waals surface area contributed by atoms with Crippen molar-refractivity contribution < 1.29 is 0 Å². The Labute approximate surface area is 137 Å². The molecule has 2 aliphatic rings. The Bertz CT molecular complexity index is 630. The summed E-state index contributed by atoms with van der Waals surface area (Å²) < 4.78 is 0. The third-order valence-electron chi connectivity index (χ3n) is 4.96. The monoisotopic (exact) mass is 321 g/mol. The van der Waals surface area contributed by atoms with Crippen LogP contribution in [0.25, 0.3) is 11.0 Å². The van der Waals surface area contributed by atoms with Crippen molar-refractivity contribution in [2.45, 2.75) is 44.6 Å². The van der Waals surface area contributed by atoms with Gasteiger partial charge in [0, 0.05) is 18.8 Å². The molecule has 0 bridgehead atoms. The Morgan fingerprint density at radius 2 is 2.14 bits per heavy atom. The lowest BCUT2D eigenvalue weighted by Crippen LogP contribution is -2.38. The number of piperidine rings is 1. The zero-order valence-electron chi connectivity index (χ0n) is 12.9. The Kier molecular flexibility index (Phi) is 4.54. The van der Waals surface area contributed by atoms with Gasteiger partial charge in [0.1, 0.15) is 17.8 Å². The smallest absolute Gasteiger partial charge is 0.143 e. The standard InChI is InChI=1S/C16H23N5.ClH/c1-10(11-4-5-11)13-8-18-15-14(13)16(20-9-19-15)21-12-3-2-6-17-7-12;/h8-12,17H,2-7H2,1H3,(H2,18,19,20,21);1H. The number of nitrogens with zero attached hydrogens (tertiary/aromatic N) is 2. The molecule has 1 saturated carbocycles. The molecule has 1 aliphatic heterocycles. The van der Waals surface area contributed by atoms with Gasteiger partial charge in [-0.3, -0.25) is 0 Å².